The third-order valence-electron chi connectivity index (χ3n) is 3.66. The maximum absolute atomic E-state index is 5.87. The van der Waals surface area contributed by atoms with Gasteiger partial charge >= 0.3 is 0 Å². The highest BCUT2D eigenvalue weighted by Gasteiger charge is 2.36. The zero-order chi connectivity index (χ0) is 12.2. The van der Waals surface area contributed by atoms with Crippen LogP contribution in [0.15, 0.2) is 0 Å². The Balaban J connectivity index is 2.31. The highest BCUT2D eigenvalue weighted by molar-refractivity contribution is 4.86. The van der Waals surface area contributed by atoms with E-state index in [-0.39, 0.29) is 5.41 Å². The summed E-state index contributed by atoms with van der Waals surface area (Å²) in [7, 11) is 0. The Labute approximate surface area is 101 Å². The maximum atomic E-state index is 5.87. The van der Waals surface area contributed by atoms with Gasteiger partial charge in [-0.25, -0.2) is 0 Å². The number of hydrogen-bond acceptors (Lipinski definition) is 2. The number of ether oxygens (including phenoxy) is 1. The van der Waals surface area contributed by atoms with Crippen molar-refractivity contribution in [2.45, 2.75) is 53.6 Å². The molecule has 3 unspecified atom stereocenters. The Kier molecular flexibility index (Phi) is 5.26. The van der Waals surface area contributed by atoms with E-state index >= 15 is 0 Å². The molecule has 2 heteroatoms. The summed E-state index contributed by atoms with van der Waals surface area (Å²) >= 11 is 0. The molecule has 1 N–H and O–H groups in total. The molecular formula is C14H29NO. The summed E-state index contributed by atoms with van der Waals surface area (Å²) in [6, 6.07) is 0. The molecule has 16 heavy (non-hydrogen) atoms. The van der Waals surface area contributed by atoms with Crippen LogP contribution in [0.1, 0.15) is 47.5 Å². The molecule has 1 saturated heterocycles. The second-order valence-corrected chi connectivity index (χ2v) is 6.38. The van der Waals surface area contributed by atoms with Crippen LogP contribution in [0.5, 0.6) is 0 Å². The van der Waals surface area contributed by atoms with Gasteiger partial charge in [0.2, 0.25) is 0 Å². The van der Waals surface area contributed by atoms with Crippen molar-refractivity contribution in [2.75, 3.05) is 19.7 Å². The smallest absolute Gasteiger partial charge is 0.0664 e. The molecule has 0 aromatic rings. The number of hydrogen-bond donors (Lipinski definition) is 1. The van der Waals surface area contributed by atoms with Crippen LogP contribution in [0.25, 0.3) is 0 Å². The predicted octanol–water partition coefficient (Wildman–Crippen LogP) is 3.07. The van der Waals surface area contributed by atoms with Crippen molar-refractivity contribution >= 4 is 0 Å². The Hall–Kier alpha value is -0.0800. The fourth-order valence-corrected chi connectivity index (χ4v) is 2.46. The molecule has 0 aliphatic carbocycles. The van der Waals surface area contributed by atoms with Crippen molar-refractivity contribution in [3.8, 4) is 0 Å². The zero-order valence-electron chi connectivity index (χ0n) is 11.7. The van der Waals surface area contributed by atoms with Crippen LogP contribution < -0.4 is 5.32 Å². The Morgan fingerprint density at radius 3 is 2.62 bits per heavy atom. The molecule has 1 aliphatic rings. The van der Waals surface area contributed by atoms with Gasteiger partial charge in [-0.1, -0.05) is 41.0 Å². The highest BCUT2D eigenvalue weighted by atomic mass is 16.5. The lowest BCUT2D eigenvalue weighted by atomic mass is 9.81. The van der Waals surface area contributed by atoms with Crippen LogP contribution in [-0.4, -0.2) is 25.8 Å². The van der Waals surface area contributed by atoms with Crippen molar-refractivity contribution in [1.82, 2.24) is 5.32 Å². The quantitative estimate of drug-likeness (QED) is 0.779. The van der Waals surface area contributed by atoms with Gasteiger partial charge in [0.05, 0.1) is 6.10 Å². The van der Waals surface area contributed by atoms with Gasteiger partial charge in [0.1, 0.15) is 0 Å². The van der Waals surface area contributed by atoms with E-state index < -0.39 is 0 Å². The average molecular weight is 227 g/mol. The summed E-state index contributed by atoms with van der Waals surface area (Å²) in [4.78, 5) is 0. The molecule has 0 radical (unpaired) electrons. The van der Waals surface area contributed by atoms with E-state index in [0.717, 1.165) is 25.6 Å². The van der Waals surface area contributed by atoms with Crippen LogP contribution >= 0.6 is 0 Å². The molecular weight excluding hydrogens is 198 g/mol. The van der Waals surface area contributed by atoms with Gasteiger partial charge in [0, 0.05) is 19.1 Å². The SMILES string of the molecule is CCC(C)CNCC1CCOC1C(C)(C)C. The van der Waals surface area contributed by atoms with Crippen LogP contribution in [0.2, 0.25) is 0 Å². The zero-order valence-corrected chi connectivity index (χ0v) is 11.7. The monoisotopic (exact) mass is 227 g/mol. The largest absolute Gasteiger partial charge is 0.377 e. The topological polar surface area (TPSA) is 21.3 Å². The molecule has 0 bridgehead atoms. The second kappa shape index (κ2) is 6.02. The van der Waals surface area contributed by atoms with Crippen molar-refractivity contribution in [3.05, 3.63) is 0 Å². The molecule has 0 aromatic heterocycles. The Morgan fingerprint density at radius 2 is 2.06 bits per heavy atom. The minimum absolute atomic E-state index is 0.277. The average Bonchev–Trinajstić information content (AvgIpc) is 2.65. The maximum Gasteiger partial charge on any atom is 0.0664 e. The first-order valence-corrected chi connectivity index (χ1v) is 6.77. The summed E-state index contributed by atoms with van der Waals surface area (Å²) in [5.74, 6) is 1.49. The Morgan fingerprint density at radius 1 is 1.38 bits per heavy atom. The summed E-state index contributed by atoms with van der Waals surface area (Å²) in [5, 5.41) is 3.60. The lowest BCUT2D eigenvalue weighted by Gasteiger charge is -2.31. The first-order chi connectivity index (χ1) is 7.45. The molecule has 96 valence electrons. The van der Waals surface area contributed by atoms with Crippen molar-refractivity contribution in [3.63, 3.8) is 0 Å². The molecule has 1 rings (SSSR count). The van der Waals surface area contributed by atoms with Gasteiger partial charge in [0.25, 0.3) is 0 Å². The van der Waals surface area contributed by atoms with Crippen LogP contribution in [-0.2, 0) is 4.74 Å². The summed E-state index contributed by atoms with van der Waals surface area (Å²) in [5.41, 5.74) is 0.277. The predicted molar refractivity (Wildman–Crippen MR) is 69.6 cm³/mol. The van der Waals surface area contributed by atoms with Gasteiger partial charge < -0.3 is 10.1 Å². The van der Waals surface area contributed by atoms with Gasteiger partial charge in [-0.05, 0) is 24.3 Å². The minimum atomic E-state index is 0.277. The van der Waals surface area contributed by atoms with Crippen molar-refractivity contribution < 1.29 is 4.74 Å². The van der Waals surface area contributed by atoms with Gasteiger partial charge in [0.15, 0.2) is 0 Å². The molecule has 1 fully saturated rings. The molecule has 1 heterocycles. The van der Waals surface area contributed by atoms with Gasteiger partial charge in [-0.2, -0.15) is 0 Å². The second-order valence-electron chi connectivity index (χ2n) is 6.38. The lowest BCUT2D eigenvalue weighted by molar-refractivity contribution is 0.00716. The molecule has 0 amide bonds. The molecule has 2 nitrogen and oxygen atoms in total. The fraction of sp³-hybridized carbons (Fsp3) is 1.00. The number of nitrogens with one attached hydrogen (secondary N) is 1. The third kappa shape index (κ3) is 4.06. The van der Waals surface area contributed by atoms with E-state index in [4.69, 9.17) is 4.74 Å². The molecule has 0 aromatic carbocycles. The first-order valence-electron chi connectivity index (χ1n) is 6.77. The van der Waals surface area contributed by atoms with Crippen molar-refractivity contribution in [1.29, 1.82) is 0 Å². The highest BCUT2D eigenvalue weighted by Crippen LogP contribution is 2.34. The molecule has 0 saturated carbocycles. The minimum Gasteiger partial charge on any atom is -0.377 e. The molecule has 1 aliphatic heterocycles. The van der Waals surface area contributed by atoms with Crippen LogP contribution in [0.4, 0.5) is 0 Å². The van der Waals surface area contributed by atoms with Crippen LogP contribution in [0.3, 0.4) is 0 Å². The fourth-order valence-electron chi connectivity index (χ4n) is 2.46. The van der Waals surface area contributed by atoms with E-state index in [1.165, 1.54) is 12.8 Å². The summed E-state index contributed by atoms with van der Waals surface area (Å²) in [6.07, 6.45) is 2.91. The molecule has 3 atom stereocenters. The Bertz CT molecular complexity index is 197. The van der Waals surface area contributed by atoms with E-state index in [1.54, 1.807) is 0 Å². The standard InChI is InChI=1S/C14H29NO/c1-6-11(2)9-15-10-12-7-8-16-13(12)14(3,4)5/h11-13,15H,6-10H2,1-5H3. The summed E-state index contributed by atoms with van der Waals surface area (Å²) < 4.78 is 5.87. The van der Waals surface area contributed by atoms with Gasteiger partial charge in [-0.15, -0.1) is 0 Å². The normalized spacial score (nSPS) is 28.3. The summed E-state index contributed by atoms with van der Waals surface area (Å²) in [6.45, 7) is 14.6. The van der Waals surface area contributed by atoms with Crippen LogP contribution in [0, 0.1) is 17.3 Å². The van der Waals surface area contributed by atoms with E-state index in [2.05, 4.69) is 39.9 Å². The van der Waals surface area contributed by atoms with E-state index in [9.17, 15) is 0 Å². The van der Waals surface area contributed by atoms with Crippen molar-refractivity contribution in [2.24, 2.45) is 17.3 Å². The van der Waals surface area contributed by atoms with E-state index in [1.807, 2.05) is 0 Å². The van der Waals surface area contributed by atoms with Gasteiger partial charge in [-0.3, -0.25) is 0 Å². The first kappa shape index (κ1) is 14.0. The third-order valence-corrected chi connectivity index (χ3v) is 3.66. The molecule has 0 spiro atoms. The van der Waals surface area contributed by atoms with E-state index in [0.29, 0.717) is 12.0 Å². The number of rotatable bonds is 5. The lowest BCUT2D eigenvalue weighted by Crippen LogP contribution is -2.37.